The van der Waals surface area contributed by atoms with Crippen molar-refractivity contribution in [1.82, 2.24) is 10.2 Å². The van der Waals surface area contributed by atoms with Crippen LogP contribution in [0, 0.1) is 11.7 Å². The Hall–Kier alpha value is -2.93. The third-order valence-electron chi connectivity index (χ3n) is 5.76. The summed E-state index contributed by atoms with van der Waals surface area (Å²) in [4.78, 5) is 26.5. The second-order valence-electron chi connectivity index (χ2n) is 7.88. The number of carbonyl (C=O) groups is 2. The number of carbonyl (C=O) groups excluding carboxylic acids is 2. The van der Waals surface area contributed by atoms with Crippen LogP contribution < -0.4 is 10.6 Å². The van der Waals surface area contributed by atoms with Crippen LogP contribution in [0.3, 0.4) is 0 Å². The molecule has 2 heterocycles. The van der Waals surface area contributed by atoms with Gasteiger partial charge in [-0.2, -0.15) is 0 Å². The van der Waals surface area contributed by atoms with E-state index in [1.54, 1.807) is 35.2 Å². The van der Waals surface area contributed by atoms with Gasteiger partial charge < -0.3 is 20.3 Å². The summed E-state index contributed by atoms with van der Waals surface area (Å²) < 4.78 is 18.7. The maximum Gasteiger partial charge on any atom is 0.322 e. The summed E-state index contributed by atoms with van der Waals surface area (Å²) >= 11 is 0. The highest BCUT2D eigenvalue weighted by Gasteiger charge is 2.23. The van der Waals surface area contributed by atoms with Crippen LogP contribution in [0.15, 0.2) is 42.5 Å². The van der Waals surface area contributed by atoms with Crippen molar-refractivity contribution >= 4 is 17.6 Å². The van der Waals surface area contributed by atoms with E-state index in [-0.39, 0.29) is 17.8 Å². The second-order valence-corrected chi connectivity index (χ2v) is 7.88. The van der Waals surface area contributed by atoms with Crippen molar-refractivity contribution < 1.29 is 18.7 Å². The third-order valence-corrected chi connectivity index (χ3v) is 5.76. The number of anilines is 1. The van der Waals surface area contributed by atoms with Gasteiger partial charge in [0, 0.05) is 44.1 Å². The van der Waals surface area contributed by atoms with E-state index in [2.05, 4.69) is 10.6 Å². The quantitative estimate of drug-likeness (QED) is 0.784. The van der Waals surface area contributed by atoms with E-state index in [0.29, 0.717) is 36.8 Å². The summed E-state index contributed by atoms with van der Waals surface area (Å²) in [6.07, 6.45) is 3.08. The number of fused-ring (bicyclic) bond motifs is 1. The summed E-state index contributed by atoms with van der Waals surface area (Å²) in [6, 6.07) is 11.2. The summed E-state index contributed by atoms with van der Waals surface area (Å²) in [6.45, 7) is 3.11. The zero-order chi connectivity index (χ0) is 20.9. The molecule has 0 aliphatic carbocycles. The van der Waals surface area contributed by atoms with E-state index in [9.17, 15) is 14.0 Å². The van der Waals surface area contributed by atoms with Crippen LogP contribution in [-0.4, -0.2) is 36.6 Å². The van der Waals surface area contributed by atoms with Crippen LogP contribution in [0.4, 0.5) is 14.9 Å². The molecular formula is C23H26FN3O3. The number of hydrogen-bond donors (Lipinski definition) is 2. The smallest absolute Gasteiger partial charge is 0.322 e. The predicted octanol–water partition coefficient (Wildman–Crippen LogP) is 3.92. The number of benzene rings is 2. The van der Waals surface area contributed by atoms with Crippen LogP contribution in [0.1, 0.15) is 40.7 Å². The Morgan fingerprint density at radius 3 is 2.53 bits per heavy atom. The topological polar surface area (TPSA) is 70.7 Å². The van der Waals surface area contributed by atoms with Crippen molar-refractivity contribution in [1.29, 1.82) is 0 Å². The largest absolute Gasteiger partial charge is 0.381 e. The van der Waals surface area contributed by atoms with E-state index in [1.807, 2.05) is 0 Å². The lowest BCUT2D eigenvalue weighted by atomic mass is 9.97. The number of urea groups is 1. The summed E-state index contributed by atoms with van der Waals surface area (Å²) in [5, 5.41) is 5.80. The van der Waals surface area contributed by atoms with Gasteiger partial charge in [-0.3, -0.25) is 4.79 Å². The predicted molar refractivity (Wildman–Crippen MR) is 112 cm³/mol. The number of amides is 3. The van der Waals surface area contributed by atoms with E-state index in [1.165, 1.54) is 12.1 Å². The maximum atomic E-state index is 13.4. The fraction of sp³-hybridized carbons (Fsp3) is 0.391. The van der Waals surface area contributed by atoms with E-state index in [0.717, 1.165) is 43.6 Å². The molecule has 0 spiro atoms. The minimum atomic E-state index is -0.294. The van der Waals surface area contributed by atoms with Crippen molar-refractivity contribution in [3.05, 3.63) is 65.0 Å². The first kappa shape index (κ1) is 20.3. The molecule has 2 N–H and O–H groups in total. The summed E-state index contributed by atoms with van der Waals surface area (Å²) in [7, 11) is 0. The molecule has 0 aromatic heterocycles. The second kappa shape index (κ2) is 9.26. The fourth-order valence-corrected chi connectivity index (χ4v) is 3.94. The van der Waals surface area contributed by atoms with Crippen LogP contribution >= 0.6 is 0 Å². The molecule has 1 saturated heterocycles. The van der Waals surface area contributed by atoms with E-state index in [4.69, 9.17) is 4.74 Å². The molecule has 3 amide bonds. The number of halogens is 1. The van der Waals surface area contributed by atoms with Crippen LogP contribution in [0.5, 0.6) is 0 Å². The molecule has 4 rings (SSSR count). The molecule has 2 aromatic carbocycles. The van der Waals surface area contributed by atoms with Gasteiger partial charge >= 0.3 is 6.03 Å². The van der Waals surface area contributed by atoms with Crippen LogP contribution in [0.2, 0.25) is 0 Å². The van der Waals surface area contributed by atoms with Gasteiger partial charge in [-0.15, -0.1) is 0 Å². The summed E-state index contributed by atoms with van der Waals surface area (Å²) in [5.41, 5.74) is 2.96. The SMILES string of the molecule is O=C(NCCC1CCOCC1)c1ccc(NC(=O)N2Cc3ccc(F)cc3C2)cc1. The zero-order valence-corrected chi connectivity index (χ0v) is 16.8. The Labute approximate surface area is 175 Å². The lowest BCUT2D eigenvalue weighted by Crippen LogP contribution is -2.30. The fourth-order valence-electron chi connectivity index (χ4n) is 3.94. The van der Waals surface area contributed by atoms with Crippen molar-refractivity contribution in [2.45, 2.75) is 32.4 Å². The van der Waals surface area contributed by atoms with Crippen molar-refractivity contribution in [2.75, 3.05) is 25.1 Å². The molecular weight excluding hydrogens is 385 g/mol. The highest BCUT2D eigenvalue weighted by molar-refractivity contribution is 5.95. The normalized spacial score (nSPS) is 16.2. The van der Waals surface area contributed by atoms with Gasteiger partial charge in [-0.05, 0) is 72.7 Å². The van der Waals surface area contributed by atoms with Gasteiger partial charge in [0.2, 0.25) is 0 Å². The highest BCUT2D eigenvalue weighted by atomic mass is 19.1. The van der Waals surface area contributed by atoms with Gasteiger partial charge in [0.05, 0.1) is 0 Å². The number of nitrogens with one attached hydrogen (secondary N) is 2. The molecule has 0 bridgehead atoms. The first-order valence-corrected chi connectivity index (χ1v) is 10.4. The molecule has 7 heteroatoms. The molecule has 0 radical (unpaired) electrons. The minimum Gasteiger partial charge on any atom is -0.381 e. The highest BCUT2D eigenvalue weighted by Crippen LogP contribution is 2.24. The molecule has 0 unspecified atom stereocenters. The average Bonchev–Trinajstić information content (AvgIpc) is 3.18. The number of ether oxygens (including phenoxy) is 1. The van der Waals surface area contributed by atoms with Gasteiger partial charge in [-0.25, -0.2) is 9.18 Å². The van der Waals surface area contributed by atoms with Gasteiger partial charge in [0.1, 0.15) is 5.82 Å². The lowest BCUT2D eigenvalue weighted by molar-refractivity contribution is 0.0636. The van der Waals surface area contributed by atoms with Crippen molar-refractivity contribution in [3.8, 4) is 0 Å². The van der Waals surface area contributed by atoms with E-state index >= 15 is 0 Å². The molecule has 30 heavy (non-hydrogen) atoms. The number of hydrogen-bond acceptors (Lipinski definition) is 3. The Morgan fingerprint density at radius 1 is 1.03 bits per heavy atom. The monoisotopic (exact) mass is 411 g/mol. The van der Waals surface area contributed by atoms with Crippen LogP contribution in [0.25, 0.3) is 0 Å². The molecule has 0 atom stereocenters. The van der Waals surface area contributed by atoms with Crippen LogP contribution in [-0.2, 0) is 17.8 Å². The first-order valence-electron chi connectivity index (χ1n) is 10.4. The standard InChI is InChI=1S/C23H26FN3O3/c24-20-4-1-18-14-27(15-19(18)13-20)23(29)26-21-5-2-17(3-6-21)22(28)25-10-7-16-8-11-30-12-9-16/h1-6,13,16H,7-12,14-15H2,(H,25,28)(H,26,29). The Morgan fingerprint density at radius 2 is 1.77 bits per heavy atom. The van der Waals surface area contributed by atoms with Gasteiger partial charge in [-0.1, -0.05) is 6.07 Å². The Bertz CT molecular complexity index is 910. The number of rotatable bonds is 5. The number of nitrogens with zero attached hydrogens (tertiary/aromatic N) is 1. The average molecular weight is 411 g/mol. The minimum absolute atomic E-state index is 0.114. The Kier molecular flexibility index (Phi) is 6.28. The molecule has 6 nitrogen and oxygen atoms in total. The van der Waals surface area contributed by atoms with Gasteiger partial charge in [0.15, 0.2) is 0 Å². The molecule has 2 aliphatic heterocycles. The molecule has 2 aliphatic rings. The maximum absolute atomic E-state index is 13.4. The third kappa shape index (κ3) is 4.97. The van der Waals surface area contributed by atoms with Gasteiger partial charge in [0.25, 0.3) is 5.91 Å². The molecule has 2 aromatic rings. The molecule has 0 saturated carbocycles. The van der Waals surface area contributed by atoms with E-state index < -0.39 is 0 Å². The zero-order valence-electron chi connectivity index (χ0n) is 16.8. The first-order chi connectivity index (χ1) is 14.6. The van der Waals surface area contributed by atoms with Crippen molar-refractivity contribution in [2.24, 2.45) is 5.92 Å². The molecule has 1 fully saturated rings. The molecule has 158 valence electrons. The summed E-state index contributed by atoms with van der Waals surface area (Å²) in [5.74, 6) is 0.208. The lowest BCUT2D eigenvalue weighted by Gasteiger charge is -2.21. The van der Waals surface area contributed by atoms with Crippen molar-refractivity contribution in [3.63, 3.8) is 0 Å². The Balaban J connectivity index is 1.25.